The summed E-state index contributed by atoms with van der Waals surface area (Å²) in [7, 11) is 0. The second-order valence-corrected chi connectivity index (χ2v) is 12.6. The van der Waals surface area contributed by atoms with Crippen LogP contribution in [0.3, 0.4) is 0 Å². The molecule has 0 saturated heterocycles. The SMILES string of the molecule is O=C(CCC(F)(F)F)Cc1c(F)ccc(CC(=O)c2cc(NC(=O)[C@H]3[C@H](c4ccc(Cl)c(Cl)c4)C3(Cl)Cl)ccc2Cl)c1F. The minimum Gasteiger partial charge on any atom is -0.326 e. The first-order valence-corrected chi connectivity index (χ1v) is 14.4. The molecule has 1 fully saturated rings. The van der Waals surface area contributed by atoms with Gasteiger partial charge in [-0.1, -0.05) is 46.9 Å². The molecule has 228 valence electrons. The highest BCUT2D eigenvalue weighted by Crippen LogP contribution is 2.65. The van der Waals surface area contributed by atoms with Gasteiger partial charge in [0.2, 0.25) is 5.91 Å². The lowest BCUT2D eigenvalue weighted by molar-refractivity contribution is -0.143. The number of rotatable bonds is 10. The molecule has 0 radical (unpaired) electrons. The van der Waals surface area contributed by atoms with Gasteiger partial charge in [0.05, 0.1) is 27.4 Å². The van der Waals surface area contributed by atoms with Gasteiger partial charge in [0.25, 0.3) is 0 Å². The number of anilines is 1. The van der Waals surface area contributed by atoms with Gasteiger partial charge >= 0.3 is 6.18 Å². The molecule has 43 heavy (non-hydrogen) atoms. The first kappa shape index (κ1) is 33.5. The summed E-state index contributed by atoms with van der Waals surface area (Å²) in [6.45, 7) is 0. The normalized spacial score (nSPS) is 17.4. The fourth-order valence-electron chi connectivity index (χ4n) is 4.59. The third kappa shape index (κ3) is 7.81. The number of alkyl halides is 5. The Morgan fingerprint density at radius 1 is 0.860 bits per heavy atom. The van der Waals surface area contributed by atoms with Crippen molar-refractivity contribution >= 4 is 81.2 Å². The first-order chi connectivity index (χ1) is 20.0. The van der Waals surface area contributed by atoms with E-state index >= 15 is 4.39 Å². The van der Waals surface area contributed by atoms with Crippen LogP contribution in [0.4, 0.5) is 27.6 Å². The van der Waals surface area contributed by atoms with Crippen LogP contribution in [0.25, 0.3) is 0 Å². The summed E-state index contributed by atoms with van der Waals surface area (Å²) in [6.07, 6.45) is -8.50. The Kier molecular flexibility index (Phi) is 10.0. The van der Waals surface area contributed by atoms with Crippen molar-refractivity contribution < 1.29 is 36.3 Å². The van der Waals surface area contributed by atoms with Gasteiger partial charge in [0.1, 0.15) is 21.8 Å². The van der Waals surface area contributed by atoms with Gasteiger partial charge < -0.3 is 5.32 Å². The molecule has 3 aromatic rings. The van der Waals surface area contributed by atoms with Crippen LogP contribution in [0.2, 0.25) is 15.1 Å². The molecule has 1 saturated carbocycles. The van der Waals surface area contributed by atoms with Gasteiger partial charge in [-0.05, 0) is 47.5 Å². The van der Waals surface area contributed by atoms with Crippen molar-refractivity contribution in [3.63, 3.8) is 0 Å². The van der Waals surface area contributed by atoms with Crippen LogP contribution >= 0.6 is 58.0 Å². The topological polar surface area (TPSA) is 63.2 Å². The van der Waals surface area contributed by atoms with Gasteiger partial charge in [-0.25, -0.2) is 8.78 Å². The maximum atomic E-state index is 15.1. The van der Waals surface area contributed by atoms with Crippen LogP contribution in [0.15, 0.2) is 48.5 Å². The number of hydrogen-bond donors (Lipinski definition) is 1. The summed E-state index contributed by atoms with van der Waals surface area (Å²) >= 11 is 31.0. The second-order valence-electron chi connectivity index (χ2n) is 9.92. The average molecular weight is 702 g/mol. The predicted octanol–water partition coefficient (Wildman–Crippen LogP) is 9.33. The van der Waals surface area contributed by atoms with Gasteiger partial charge in [0.15, 0.2) is 5.78 Å². The molecule has 4 rings (SSSR count). The smallest absolute Gasteiger partial charge is 0.326 e. The van der Waals surface area contributed by atoms with E-state index in [-0.39, 0.29) is 26.9 Å². The molecule has 0 aromatic heterocycles. The number of amides is 1. The number of carbonyl (C=O) groups is 3. The minimum atomic E-state index is -4.60. The molecule has 4 nitrogen and oxygen atoms in total. The van der Waals surface area contributed by atoms with Gasteiger partial charge in [0, 0.05) is 42.0 Å². The molecule has 1 aliphatic carbocycles. The second kappa shape index (κ2) is 12.9. The Bertz CT molecular complexity index is 1610. The van der Waals surface area contributed by atoms with Crippen LogP contribution in [0, 0.1) is 17.6 Å². The maximum absolute atomic E-state index is 15.1. The number of carbonyl (C=O) groups excluding carboxylic acids is 3. The largest absolute Gasteiger partial charge is 0.389 e. The number of Topliss-reactive ketones (excluding diaryl/α,β-unsaturated/α-hetero) is 2. The van der Waals surface area contributed by atoms with Gasteiger partial charge in [-0.3, -0.25) is 14.4 Å². The van der Waals surface area contributed by atoms with E-state index in [2.05, 4.69) is 5.32 Å². The lowest BCUT2D eigenvalue weighted by Gasteiger charge is -2.12. The summed E-state index contributed by atoms with van der Waals surface area (Å²) in [5.74, 6) is -6.14. The highest BCUT2D eigenvalue weighted by atomic mass is 35.5. The average Bonchev–Trinajstić information content (AvgIpc) is 3.50. The zero-order valence-corrected chi connectivity index (χ0v) is 25.4. The molecule has 1 aliphatic rings. The van der Waals surface area contributed by atoms with E-state index in [0.717, 1.165) is 12.1 Å². The number of ketones is 2. The molecule has 3 aromatic carbocycles. The fourth-order valence-corrected chi connectivity index (χ4v) is 5.95. The van der Waals surface area contributed by atoms with Crippen LogP contribution < -0.4 is 5.32 Å². The minimum absolute atomic E-state index is 0.0304. The van der Waals surface area contributed by atoms with E-state index in [1.807, 2.05) is 0 Å². The van der Waals surface area contributed by atoms with Crippen LogP contribution in [0.1, 0.15) is 45.8 Å². The quantitative estimate of drug-likeness (QED) is 0.130. The molecular formula is C29H19Cl5F5NO3. The van der Waals surface area contributed by atoms with Crippen molar-refractivity contribution in [3.8, 4) is 0 Å². The Labute approximate surface area is 267 Å². The molecule has 1 amide bonds. The van der Waals surface area contributed by atoms with E-state index in [4.69, 9.17) is 58.0 Å². The highest BCUT2D eigenvalue weighted by Gasteiger charge is 2.67. The Hall–Kier alpha value is -2.43. The summed E-state index contributed by atoms with van der Waals surface area (Å²) < 4.78 is 65.1. The summed E-state index contributed by atoms with van der Waals surface area (Å²) in [4.78, 5) is 38.1. The Morgan fingerprint density at radius 2 is 1.53 bits per heavy atom. The molecule has 0 unspecified atom stereocenters. The zero-order chi connectivity index (χ0) is 31.9. The number of hydrogen-bond acceptors (Lipinski definition) is 3. The third-order valence-corrected chi connectivity index (χ3v) is 8.86. The first-order valence-electron chi connectivity index (χ1n) is 12.5. The number of nitrogens with one attached hydrogen (secondary N) is 1. The van der Waals surface area contributed by atoms with Crippen molar-refractivity contribution in [3.05, 3.63) is 97.5 Å². The van der Waals surface area contributed by atoms with E-state index in [0.29, 0.717) is 10.6 Å². The molecule has 2 atom stereocenters. The number of benzene rings is 3. The Morgan fingerprint density at radius 3 is 2.19 bits per heavy atom. The molecule has 1 N–H and O–H groups in total. The lowest BCUT2D eigenvalue weighted by Crippen LogP contribution is -2.17. The predicted molar refractivity (Wildman–Crippen MR) is 156 cm³/mol. The zero-order valence-electron chi connectivity index (χ0n) is 21.6. The summed E-state index contributed by atoms with van der Waals surface area (Å²) in [5.41, 5.74) is -0.402. The van der Waals surface area contributed by atoms with Crippen LogP contribution in [-0.4, -0.2) is 28.0 Å². The molecule has 0 bridgehead atoms. The Balaban J connectivity index is 1.48. The fraction of sp³-hybridized carbons (Fsp3) is 0.276. The standard InChI is InChI=1S/C29H19Cl5F5NO3/c30-19-5-3-15(40-27(43)25-24(29(25,33)34)13-1-4-20(31)21(32)9-13)11-17(19)23(42)10-14-2-6-22(35)18(26(14)36)12-16(41)7-8-28(37,38)39/h1-6,9,11,24-25H,7-8,10,12H2,(H,40,43)/t24-,25+/m0/s1. The summed E-state index contributed by atoms with van der Waals surface area (Å²) in [6, 6.07) is 10.6. The third-order valence-electron chi connectivity index (χ3n) is 6.85. The van der Waals surface area contributed by atoms with Crippen molar-refractivity contribution in [2.24, 2.45) is 5.92 Å². The van der Waals surface area contributed by atoms with Crippen molar-refractivity contribution in [2.45, 2.75) is 42.1 Å². The van der Waals surface area contributed by atoms with E-state index in [9.17, 15) is 31.9 Å². The monoisotopic (exact) mass is 699 g/mol. The summed E-state index contributed by atoms with van der Waals surface area (Å²) in [5, 5.41) is 3.16. The lowest BCUT2D eigenvalue weighted by atomic mass is 9.97. The van der Waals surface area contributed by atoms with Gasteiger partial charge in [-0.2, -0.15) is 13.2 Å². The molecule has 14 heteroatoms. The maximum Gasteiger partial charge on any atom is 0.389 e. The molecular weight excluding hydrogens is 683 g/mol. The molecule has 0 aliphatic heterocycles. The van der Waals surface area contributed by atoms with Gasteiger partial charge in [-0.15, -0.1) is 23.2 Å². The molecule has 0 heterocycles. The van der Waals surface area contributed by atoms with Crippen molar-refractivity contribution in [1.29, 1.82) is 0 Å². The van der Waals surface area contributed by atoms with Crippen LogP contribution in [-0.2, 0) is 22.4 Å². The van der Waals surface area contributed by atoms with E-state index < -0.39 is 82.7 Å². The molecule has 0 spiro atoms. The van der Waals surface area contributed by atoms with Crippen molar-refractivity contribution in [1.82, 2.24) is 0 Å². The van der Waals surface area contributed by atoms with Crippen molar-refractivity contribution in [2.75, 3.05) is 5.32 Å². The van der Waals surface area contributed by atoms with E-state index in [1.54, 1.807) is 18.2 Å². The number of halogens is 10. The highest BCUT2D eigenvalue weighted by molar-refractivity contribution is 6.53. The van der Waals surface area contributed by atoms with E-state index in [1.165, 1.54) is 18.2 Å². The van der Waals surface area contributed by atoms with Crippen LogP contribution in [0.5, 0.6) is 0 Å².